The summed E-state index contributed by atoms with van der Waals surface area (Å²) in [5, 5.41) is 0.379. The molecule has 2 aromatic rings. The SMILES string of the molecule is Cc1ccc(-c2ncc(Br)c(Cl)n2)o1. The Hall–Kier alpha value is -0.870. The van der Waals surface area contributed by atoms with E-state index in [1.165, 1.54) is 0 Å². The Morgan fingerprint density at radius 2 is 2.21 bits per heavy atom. The first-order chi connectivity index (χ1) is 6.66. The number of hydrogen-bond donors (Lipinski definition) is 0. The molecule has 0 aromatic carbocycles. The maximum Gasteiger partial charge on any atom is 0.197 e. The Morgan fingerprint density at radius 3 is 2.79 bits per heavy atom. The van der Waals surface area contributed by atoms with Crippen LogP contribution in [0.5, 0.6) is 0 Å². The summed E-state index contributed by atoms with van der Waals surface area (Å²) in [6.45, 7) is 1.87. The number of rotatable bonds is 1. The lowest BCUT2D eigenvalue weighted by atomic mass is 10.4. The van der Waals surface area contributed by atoms with Crippen LogP contribution in [0.3, 0.4) is 0 Å². The summed E-state index contributed by atoms with van der Waals surface area (Å²) in [5.41, 5.74) is 0. The second-order valence-electron chi connectivity index (χ2n) is 2.74. The van der Waals surface area contributed by atoms with Gasteiger partial charge in [-0.25, -0.2) is 9.97 Å². The van der Waals surface area contributed by atoms with Crippen molar-refractivity contribution in [3.63, 3.8) is 0 Å². The largest absolute Gasteiger partial charge is 0.458 e. The number of nitrogens with zero attached hydrogens (tertiary/aromatic N) is 2. The normalized spacial score (nSPS) is 10.5. The van der Waals surface area contributed by atoms with Gasteiger partial charge in [-0.05, 0) is 35.0 Å². The van der Waals surface area contributed by atoms with Crippen molar-refractivity contribution in [3.05, 3.63) is 33.7 Å². The quantitative estimate of drug-likeness (QED) is 0.747. The Labute approximate surface area is 94.3 Å². The van der Waals surface area contributed by atoms with Crippen molar-refractivity contribution in [1.29, 1.82) is 0 Å². The third kappa shape index (κ3) is 1.81. The van der Waals surface area contributed by atoms with Gasteiger partial charge in [0.2, 0.25) is 0 Å². The highest BCUT2D eigenvalue weighted by Crippen LogP contribution is 2.23. The molecule has 0 amide bonds. The van der Waals surface area contributed by atoms with Crippen molar-refractivity contribution in [1.82, 2.24) is 9.97 Å². The molecule has 2 rings (SSSR count). The molecule has 0 spiro atoms. The molecule has 0 fully saturated rings. The molecule has 2 aromatic heterocycles. The average Bonchev–Trinajstić information content (AvgIpc) is 2.57. The number of aromatic nitrogens is 2. The summed E-state index contributed by atoms with van der Waals surface area (Å²) in [7, 11) is 0. The minimum Gasteiger partial charge on any atom is -0.458 e. The molecular weight excluding hydrogens is 267 g/mol. The predicted octanol–water partition coefficient (Wildman–Crippen LogP) is 3.46. The second kappa shape index (κ2) is 3.71. The lowest BCUT2D eigenvalue weighted by Crippen LogP contribution is -1.87. The first-order valence-electron chi connectivity index (χ1n) is 3.91. The van der Waals surface area contributed by atoms with Crippen LogP contribution < -0.4 is 0 Å². The zero-order valence-corrected chi connectivity index (χ0v) is 9.63. The third-order valence-corrected chi connectivity index (χ3v) is 2.76. The van der Waals surface area contributed by atoms with Crippen molar-refractivity contribution < 1.29 is 4.42 Å². The molecule has 5 heteroatoms. The fraction of sp³-hybridized carbons (Fsp3) is 0.111. The minimum atomic E-state index is 0.379. The maximum atomic E-state index is 5.83. The van der Waals surface area contributed by atoms with Gasteiger partial charge >= 0.3 is 0 Å². The van der Waals surface area contributed by atoms with Gasteiger partial charge in [-0.2, -0.15) is 0 Å². The summed E-state index contributed by atoms with van der Waals surface area (Å²) in [6, 6.07) is 3.67. The van der Waals surface area contributed by atoms with Crippen LogP contribution in [0.25, 0.3) is 11.6 Å². The van der Waals surface area contributed by atoms with Gasteiger partial charge in [-0.15, -0.1) is 0 Å². The van der Waals surface area contributed by atoms with Crippen molar-refractivity contribution in [2.24, 2.45) is 0 Å². The highest BCUT2D eigenvalue weighted by Gasteiger charge is 2.07. The number of aryl methyl sites for hydroxylation is 1. The van der Waals surface area contributed by atoms with E-state index in [0.717, 1.165) is 5.76 Å². The molecule has 0 aliphatic heterocycles. The summed E-state index contributed by atoms with van der Waals surface area (Å²) >= 11 is 9.05. The molecule has 72 valence electrons. The van der Waals surface area contributed by atoms with E-state index < -0.39 is 0 Å². The molecule has 14 heavy (non-hydrogen) atoms. The highest BCUT2D eigenvalue weighted by molar-refractivity contribution is 9.10. The molecule has 3 nitrogen and oxygen atoms in total. The van der Waals surface area contributed by atoms with E-state index >= 15 is 0 Å². The van der Waals surface area contributed by atoms with Gasteiger partial charge in [0.1, 0.15) is 10.9 Å². The Kier molecular flexibility index (Phi) is 2.56. The van der Waals surface area contributed by atoms with Crippen LogP contribution in [-0.4, -0.2) is 9.97 Å². The Bertz CT molecular complexity index is 470. The van der Waals surface area contributed by atoms with Crippen LogP contribution >= 0.6 is 27.5 Å². The van der Waals surface area contributed by atoms with Gasteiger partial charge in [-0.3, -0.25) is 0 Å². The first-order valence-corrected chi connectivity index (χ1v) is 5.09. The van der Waals surface area contributed by atoms with E-state index in [2.05, 4.69) is 25.9 Å². The standard InChI is InChI=1S/C9H6BrClN2O/c1-5-2-3-7(14-5)9-12-4-6(10)8(11)13-9/h2-4H,1H3. The smallest absolute Gasteiger partial charge is 0.197 e. The van der Waals surface area contributed by atoms with Crippen LogP contribution in [0.2, 0.25) is 5.15 Å². The molecule has 0 atom stereocenters. The van der Waals surface area contributed by atoms with Gasteiger partial charge in [0, 0.05) is 6.20 Å². The number of furan rings is 1. The molecule has 0 bridgehead atoms. The van der Waals surface area contributed by atoms with Crippen molar-refractivity contribution in [3.8, 4) is 11.6 Å². The zero-order chi connectivity index (χ0) is 10.1. The number of hydrogen-bond acceptors (Lipinski definition) is 3. The molecule has 0 radical (unpaired) electrons. The van der Waals surface area contributed by atoms with Gasteiger partial charge in [0.15, 0.2) is 11.6 Å². The molecular formula is C9H6BrClN2O. The minimum absolute atomic E-state index is 0.379. The van der Waals surface area contributed by atoms with Crippen LogP contribution in [0.4, 0.5) is 0 Å². The van der Waals surface area contributed by atoms with Gasteiger partial charge in [0.25, 0.3) is 0 Å². The first kappa shape index (κ1) is 9.68. The topological polar surface area (TPSA) is 38.9 Å². The molecule has 0 unspecified atom stereocenters. The van der Waals surface area contributed by atoms with Crippen molar-refractivity contribution in [2.45, 2.75) is 6.92 Å². The molecule has 0 N–H and O–H groups in total. The molecule has 0 aliphatic carbocycles. The van der Waals surface area contributed by atoms with E-state index in [0.29, 0.717) is 21.2 Å². The van der Waals surface area contributed by atoms with Gasteiger partial charge in [0.05, 0.1) is 4.47 Å². The van der Waals surface area contributed by atoms with Crippen LogP contribution in [0.15, 0.2) is 27.2 Å². The second-order valence-corrected chi connectivity index (χ2v) is 3.96. The summed E-state index contributed by atoms with van der Waals surface area (Å²) in [5.74, 6) is 1.94. The lowest BCUT2D eigenvalue weighted by molar-refractivity contribution is 0.544. The lowest BCUT2D eigenvalue weighted by Gasteiger charge is -1.97. The van der Waals surface area contributed by atoms with Crippen LogP contribution in [0, 0.1) is 6.92 Å². The monoisotopic (exact) mass is 272 g/mol. The fourth-order valence-corrected chi connectivity index (χ4v) is 1.34. The predicted molar refractivity (Wildman–Crippen MR) is 57.2 cm³/mol. The molecule has 0 aliphatic rings. The number of halogens is 2. The molecule has 0 saturated carbocycles. The van der Waals surface area contributed by atoms with Crippen LogP contribution in [-0.2, 0) is 0 Å². The van der Waals surface area contributed by atoms with E-state index in [1.54, 1.807) is 6.20 Å². The fourth-order valence-electron chi connectivity index (χ4n) is 1.02. The maximum absolute atomic E-state index is 5.83. The summed E-state index contributed by atoms with van der Waals surface area (Å²) in [6.07, 6.45) is 1.60. The van der Waals surface area contributed by atoms with Crippen molar-refractivity contribution >= 4 is 27.5 Å². The van der Waals surface area contributed by atoms with Gasteiger partial charge < -0.3 is 4.42 Å². The highest BCUT2D eigenvalue weighted by atomic mass is 79.9. The van der Waals surface area contributed by atoms with E-state index in [1.807, 2.05) is 19.1 Å². The van der Waals surface area contributed by atoms with E-state index in [4.69, 9.17) is 16.0 Å². The van der Waals surface area contributed by atoms with Crippen molar-refractivity contribution in [2.75, 3.05) is 0 Å². The molecule has 2 heterocycles. The van der Waals surface area contributed by atoms with E-state index in [9.17, 15) is 0 Å². The van der Waals surface area contributed by atoms with Crippen LogP contribution in [0.1, 0.15) is 5.76 Å². The third-order valence-electron chi connectivity index (χ3n) is 1.66. The zero-order valence-electron chi connectivity index (χ0n) is 7.29. The van der Waals surface area contributed by atoms with Gasteiger partial charge in [-0.1, -0.05) is 11.6 Å². The average molecular weight is 274 g/mol. The van der Waals surface area contributed by atoms with E-state index in [-0.39, 0.29) is 0 Å². The summed E-state index contributed by atoms with van der Waals surface area (Å²) < 4.78 is 6.04. The molecule has 0 saturated heterocycles. The summed E-state index contributed by atoms with van der Waals surface area (Å²) in [4.78, 5) is 8.16. The Balaban J connectivity index is 2.47. The Morgan fingerprint density at radius 1 is 1.43 bits per heavy atom.